The zero-order chi connectivity index (χ0) is 34.8. The predicted octanol–water partition coefficient (Wildman–Crippen LogP) is 5.22. The van der Waals surface area contributed by atoms with Gasteiger partial charge in [-0.3, -0.25) is 14.3 Å². The summed E-state index contributed by atoms with van der Waals surface area (Å²) in [6.45, 7) is 0.748. The van der Waals surface area contributed by atoms with Crippen molar-refractivity contribution in [3.05, 3.63) is 99.1 Å². The molecule has 3 aromatic heterocycles. The third-order valence-corrected chi connectivity index (χ3v) is 9.81. The Hall–Kier alpha value is -4.85. The van der Waals surface area contributed by atoms with Gasteiger partial charge in [-0.25, -0.2) is 4.98 Å². The molecule has 0 spiro atoms. The van der Waals surface area contributed by atoms with Gasteiger partial charge in [-0.05, 0) is 56.2 Å². The molecule has 2 atom stereocenters. The lowest BCUT2D eigenvalue weighted by molar-refractivity contribution is -0.123. The van der Waals surface area contributed by atoms with Crippen LogP contribution >= 0.6 is 23.2 Å². The highest BCUT2D eigenvalue weighted by molar-refractivity contribution is 6.43. The van der Waals surface area contributed by atoms with E-state index in [1.807, 2.05) is 10.9 Å². The van der Waals surface area contributed by atoms with E-state index < -0.39 is 41.3 Å². The zero-order valence-electron chi connectivity index (χ0n) is 26.1. The Balaban J connectivity index is 1.36. The van der Waals surface area contributed by atoms with Crippen LogP contribution in [0.3, 0.4) is 0 Å². The fourth-order valence-electron chi connectivity index (χ4n) is 5.96. The van der Waals surface area contributed by atoms with Gasteiger partial charge in [0.15, 0.2) is 0 Å². The molecule has 252 valence electrons. The number of hydrogen-bond acceptors (Lipinski definition) is 8. The number of ether oxygens (including phenoxy) is 2. The number of carbonyl (C=O) groups excluding carboxylic acids is 2. The smallest absolute Gasteiger partial charge is 0.251 e. The molecule has 1 saturated carbocycles. The minimum Gasteiger partial charge on any atom is -0.494 e. The van der Waals surface area contributed by atoms with E-state index in [0.717, 1.165) is 25.0 Å². The van der Waals surface area contributed by atoms with Crippen LogP contribution in [-0.2, 0) is 15.8 Å². The van der Waals surface area contributed by atoms with E-state index in [0.29, 0.717) is 22.7 Å². The summed E-state index contributed by atoms with van der Waals surface area (Å²) in [6, 6.07) is 11.2. The normalized spacial score (nSPS) is 18.1. The summed E-state index contributed by atoms with van der Waals surface area (Å²) in [4.78, 5) is 34.3. The number of aromatic nitrogens is 4. The Labute approximate surface area is 288 Å². The number of primary amides is 1. The van der Waals surface area contributed by atoms with Crippen LogP contribution in [0.2, 0.25) is 10.0 Å². The number of methoxy groups -OCH3 is 1. The van der Waals surface area contributed by atoms with Gasteiger partial charge in [0, 0.05) is 33.8 Å². The molecule has 2 aliphatic rings. The number of hydrogen-bond donors (Lipinski definition) is 3. The Bertz CT molecular complexity index is 2170. The quantitative estimate of drug-likeness (QED) is 0.176. The van der Waals surface area contributed by atoms with Gasteiger partial charge in [-0.15, -0.1) is 0 Å². The molecule has 49 heavy (non-hydrogen) atoms. The number of rotatable bonds is 9. The number of nitrogens with one attached hydrogen (secondary N) is 1. The monoisotopic (exact) mass is 708 g/mol. The van der Waals surface area contributed by atoms with Crippen LogP contribution in [0.25, 0.3) is 22.2 Å². The van der Waals surface area contributed by atoms with Crippen LogP contribution in [0, 0.1) is 11.9 Å². The van der Waals surface area contributed by atoms with E-state index in [2.05, 4.69) is 20.4 Å². The highest BCUT2D eigenvalue weighted by atomic mass is 35.5. The molecule has 0 bridgehead atoms. The number of halogens is 4. The second-order valence-electron chi connectivity index (χ2n) is 12.3. The van der Waals surface area contributed by atoms with Crippen LogP contribution in [0.4, 0.5) is 8.78 Å². The maximum Gasteiger partial charge on any atom is 0.251 e. The van der Waals surface area contributed by atoms with Gasteiger partial charge in [0.2, 0.25) is 17.8 Å². The Morgan fingerprint density at radius 2 is 1.90 bits per heavy atom. The van der Waals surface area contributed by atoms with Gasteiger partial charge in [0.05, 0.1) is 35.4 Å². The fraction of sp³-hybridized carbons (Fsp3) is 0.265. The maximum absolute atomic E-state index is 14.6. The molecule has 1 aliphatic heterocycles. The molecular formula is C34H28Cl2F2N6O5. The number of fused-ring (bicyclic) bond motifs is 2. The SMILES string of the molecule is COc1cc(C(=O)NC[C@@](O)(c2cc(F)nc(F)c2)c2cc3c(c(-c4cccc(Cl)c4Cl)n2)OC[C@]3(C)C(N)=O)cc2cn(C3CC3)nc12. The Morgan fingerprint density at radius 1 is 1.16 bits per heavy atom. The first kappa shape index (κ1) is 32.7. The van der Waals surface area contributed by atoms with Crippen molar-refractivity contribution in [3.63, 3.8) is 0 Å². The molecule has 2 aromatic carbocycles. The van der Waals surface area contributed by atoms with Crippen molar-refractivity contribution in [3.8, 4) is 22.8 Å². The van der Waals surface area contributed by atoms with Crippen molar-refractivity contribution < 1.29 is 33.0 Å². The van der Waals surface area contributed by atoms with Gasteiger partial charge >= 0.3 is 0 Å². The second kappa shape index (κ2) is 11.9. The van der Waals surface area contributed by atoms with Crippen molar-refractivity contribution in [1.29, 1.82) is 0 Å². The first-order chi connectivity index (χ1) is 23.3. The molecule has 15 heteroatoms. The highest BCUT2D eigenvalue weighted by Gasteiger charge is 2.46. The lowest BCUT2D eigenvalue weighted by Gasteiger charge is -2.30. The van der Waals surface area contributed by atoms with Crippen LogP contribution in [0.15, 0.2) is 54.7 Å². The van der Waals surface area contributed by atoms with Gasteiger partial charge in [0.25, 0.3) is 5.91 Å². The van der Waals surface area contributed by atoms with E-state index >= 15 is 0 Å². The number of amides is 2. The number of aliphatic hydroxyl groups is 1. The average molecular weight is 710 g/mol. The van der Waals surface area contributed by atoms with Crippen LogP contribution in [0.1, 0.15) is 53.0 Å². The maximum atomic E-state index is 14.6. The van der Waals surface area contributed by atoms with E-state index in [-0.39, 0.29) is 56.0 Å². The molecule has 1 aliphatic carbocycles. The summed E-state index contributed by atoms with van der Waals surface area (Å²) in [6.07, 6.45) is 3.84. The molecule has 5 aromatic rings. The largest absolute Gasteiger partial charge is 0.494 e. The number of pyridine rings is 2. The van der Waals surface area contributed by atoms with Crippen LogP contribution in [0.5, 0.6) is 11.5 Å². The number of nitrogens with zero attached hydrogens (tertiary/aromatic N) is 4. The minimum atomic E-state index is -2.42. The molecule has 4 N–H and O–H groups in total. The first-order valence-electron chi connectivity index (χ1n) is 15.2. The molecule has 2 amide bonds. The summed E-state index contributed by atoms with van der Waals surface area (Å²) in [5, 5.41) is 20.7. The molecule has 7 rings (SSSR count). The van der Waals surface area contributed by atoms with E-state index in [4.69, 9.17) is 38.4 Å². The Kier molecular flexibility index (Phi) is 7.96. The highest BCUT2D eigenvalue weighted by Crippen LogP contribution is 2.48. The van der Waals surface area contributed by atoms with Crippen molar-refractivity contribution in [2.75, 3.05) is 20.3 Å². The molecule has 1 fully saturated rings. The zero-order valence-corrected chi connectivity index (χ0v) is 27.6. The van der Waals surface area contributed by atoms with Crippen molar-refractivity contribution in [2.45, 2.75) is 36.8 Å². The van der Waals surface area contributed by atoms with Crippen LogP contribution in [-0.4, -0.2) is 56.9 Å². The third-order valence-electron chi connectivity index (χ3n) is 8.99. The first-order valence-corrected chi connectivity index (χ1v) is 15.9. The number of benzene rings is 2. The molecule has 4 heterocycles. The fourth-order valence-corrected chi connectivity index (χ4v) is 6.35. The number of carbonyl (C=O) groups is 2. The van der Waals surface area contributed by atoms with Crippen molar-refractivity contribution in [2.24, 2.45) is 5.73 Å². The lowest BCUT2D eigenvalue weighted by atomic mass is 9.81. The van der Waals surface area contributed by atoms with Gasteiger partial charge in [-0.1, -0.05) is 35.3 Å². The van der Waals surface area contributed by atoms with Gasteiger partial charge in [-0.2, -0.15) is 18.9 Å². The summed E-state index contributed by atoms with van der Waals surface area (Å²) >= 11 is 12.9. The average Bonchev–Trinajstić information content (AvgIpc) is 3.74. The summed E-state index contributed by atoms with van der Waals surface area (Å²) in [5.41, 5.74) is 2.82. The topological polar surface area (TPSA) is 154 Å². The third kappa shape index (κ3) is 5.61. The molecule has 0 radical (unpaired) electrons. The minimum absolute atomic E-state index is 0.0765. The number of nitrogens with two attached hydrogens (primary N) is 1. The summed E-state index contributed by atoms with van der Waals surface area (Å²) < 4.78 is 42.5. The van der Waals surface area contributed by atoms with E-state index in [1.54, 1.807) is 31.2 Å². The summed E-state index contributed by atoms with van der Waals surface area (Å²) in [7, 11) is 1.46. The molecular weight excluding hydrogens is 681 g/mol. The van der Waals surface area contributed by atoms with E-state index in [9.17, 15) is 23.5 Å². The van der Waals surface area contributed by atoms with Crippen molar-refractivity contribution in [1.82, 2.24) is 25.1 Å². The summed E-state index contributed by atoms with van der Waals surface area (Å²) in [5.74, 6) is -3.32. The second-order valence-corrected chi connectivity index (χ2v) is 13.1. The van der Waals surface area contributed by atoms with Crippen LogP contribution < -0.4 is 20.5 Å². The standard InChI is InChI=1S/C34H28Cl2F2N6O5/c1-33(32(39)46)15-49-30-21(33)12-24(41-29(30)20-4-3-5-22(35)27(20)36)34(47,18-10-25(37)42-26(38)11-18)14-40-31(45)16-8-17-13-44(19-6-7-19)43-28(17)23(9-16)48-2/h3-5,8-13,19,47H,6-7,14-15H2,1-2H3,(H2,39,46)(H,40,45)/t33-,34+/m0/s1. The molecule has 0 saturated heterocycles. The van der Waals surface area contributed by atoms with Crippen molar-refractivity contribution >= 4 is 45.9 Å². The lowest BCUT2D eigenvalue weighted by Crippen LogP contribution is -2.43. The van der Waals surface area contributed by atoms with Gasteiger partial charge in [0.1, 0.15) is 40.3 Å². The Morgan fingerprint density at radius 3 is 2.57 bits per heavy atom. The molecule has 0 unspecified atom stereocenters. The van der Waals surface area contributed by atoms with Gasteiger partial charge < -0.3 is 25.6 Å². The molecule has 11 nitrogen and oxygen atoms in total. The van der Waals surface area contributed by atoms with E-state index in [1.165, 1.54) is 19.2 Å². The predicted molar refractivity (Wildman–Crippen MR) is 176 cm³/mol.